The molecule has 0 heterocycles. The maximum absolute atomic E-state index is 13.1. The molecule has 0 radical (unpaired) electrons. The van der Waals surface area contributed by atoms with Gasteiger partial charge in [-0.3, -0.25) is 9.36 Å². The largest absolute Gasteiger partial charge is 0.350 e. The van der Waals surface area contributed by atoms with Crippen molar-refractivity contribution in [3.8, 4) is 0 Å². The van der Waals surface area contributed by atoms with Crippen molar-refractivity contribution in [3.05, 3.63) is 64.6 Å². The maximum atomic E-state index is 13.1. The molecule has 0 saturated heterocycles. The lowest BCUT2D eigenvalue weighted by molar-refractivity contribution is -0.124. The average Bonchev–Trinajstić information content (AvgIpc) is 2.73. The molecule has 10 heteroatoms. The third kappa shape index (κ3) is 6.90. The van der Waals surface area contributed by atoms with Gasteiger partial charge in [-0.25, -0.2) is 4.79 Å². The SMILES string of the molecule is CCC(CC)(NC(=O)[C@H](Cc1ccccc1)NC(=O)Nc1ccc(Br)cc1)P(=O)(O)O. The molecule has 1 atom stereocenters. The van der Waals surface area contributed by atoms with E-state index < -0.39 is 30.9 Å². The van der Waals surface area contributed by atoms with Crippen LogP contribution < -0.4 is 16.0 Å². The van der Waals surface area contributed by atoms with Crippen LogP contribution in [0.2, 0.25) is 0 Å². The average molecular weight is 512 g/mol. The zero-order chi connectivity index (χ0) is 23.1. The van der Waals surface area contributed by atoms with Crippen molar-refractivity contribution >= 4 is 41.2 Å². The van der Waals surface area contributed by atoms with E-state index in [1.54, 1.807) is 38.1 Å². The van der Waals surface area contributed by atoms with Crippen LogP contribution in [0.15, 0.2) is 59.1 Å². The fraction of sp³-hybridized carbons (Fsp3) is 0.333. The Morgan fingerprint density at radius 3 is 2.13 bits per heavy atom. The van der Waals surface area contributed by atoms with Crippen molar-refractivity contribution in [2.75, 3.05) is 5.32 Å². The summed E-state index contributed by atoms with van der Waals surface area (Å²) in [6, 6.07) is 14.4. The first-order chi connectivity index (χ1) is 14.6. The molecule has 0 aliphatic heterocycles. The first-order valence-corrected chi connectivity index (χ1v) is 12.3. The van der Waals surface area contributed by atoms with Gasteiger partial charge in [0.15, 0.2) is 0 Å². The van der Waals surface area contributed by atoms with Gasteiger partial charge in [0, 0.05) is 16.6 Å². The van der Waals surface area contributed by atoms with Crippen molar-refractivity contribution in [2.24, 2.45) is 0 Å². The molecule has 2 rings (SSSR count). The Balaban J connectivity index is 2.22. The highest BCUT2D eigenvalue weighted by Crippen LogP contribution is 2.52. The minimum Gasteiger partial charge on any atom is -0.338 e. The molecular weight excluding hydrogens is 485 g/mol. The fourth-order valence-corrected chi connectivity index (χ4v) is 4.49. The standard InChI is InChI=1S/C21H27BrN3O5P/c1-3-21(4-2,31(28,29)30)25-19(26)18(14-15-8-6-5-7-9-15)24-20(27)23-17-12-10-16(22)11-13-17/h5-13,18H,3-4,14H2,1-2H3,(H,25,26)(H2,23,24,27)(H2,28,29,30)/t18-/m0/s1. The van der Waals surface area contributed by atoms with Crippen LogP contribution in [0, 0.1) is 0 Å². The van der Waals surface area contributed by atoms with E-state index >= 15 is 0 Å². The van der Waals surface area contributed by atoms with E-state index in [0.29, 0.717) is 5.69 Å². The highest BCUT2D eigenvalue weighted by atomic mass is 79.9. The van der Waals surface area contributed by atoms with Crippen LogP contribution in [0.25, 0.3) is 0 Å². The second-order valence-corrected chi connectivity index (χ2v) is 9.98. The Morgan fingerprint density at radius 2 is 1.61 bits per heavy atom. The van der Waals surface area contributed by atoms with E-state index in [-0.39, 0.29) is 19.3 Å². The van der Waals surface area contributed by atoms with Gasteiger partial charge < -0.3 is 25.7 Å². The van der Waals surface area contributed by atoms with Gasteiger partial charge in [-0.05, 0) is 42.7 Å². The lowest BCUT2D eigenvalue weighted by atomic mass is 10.0. The molecule has 0 bridgehead atoms. The number of halogens is 1. The summed E-state index contributed by atoms with van der Waals surface area (Å²) in [4.78, 5) is 45.3. The summed E-state index contributed by atoms with van der Waals surface area (Å²) in [5.41, 5.74) is 1.33. The zero-order valence-corrected chi connectivity index (χ0v) is 19.8. The number of benzene rings is 2. The highest BCUT2D eigenvalue weighted by molar-refractivity contribution is 9.10. The molecule has 2 aromatic carbocycles. The van der Waals surface area contributed by atoms with Gasteiger partial charge >= 0.3 is 13.6 Å². The molecule has 0 aliphatic carbocycles. The monoisotopic (exact) mass is 511 g/mol. The van der Waals surface area contributed by atoms with E-state index in [1.165, 1.54) is 0 Å². The quantitative estimate of drug-likeness (QED) is 0.325. The van der Waals surface area contributed by atoms with E-state index in [2.05, 4.69) is 31.9 Å². The third-order valence-corrected chi connectivity index (χ3v) is 7.48. The minimum absolute atomic E-state index is 0.0443. The molecule has 168 valence electrons. The third-order valence-electron chi connectivity index (χ3n) is 5.09. The number of carbonyl (C=O) groups is 2. The van der Waals surface area contributed by atoms with Crippen LogP contribution >= 0.6 is 23.5 Å². The second-order valence-electron chi connectivity index (χ2n) is 7.12. The Kier molecular flexibility index (Phi) is 8.82. The number of urea groups is 1. The summed E-state index contributed by atoms with van der Waals surface area (Å²) in [6.45, 7) is 3.20. The normalized spacial score (nSPS) is 12.7. The highest BCUT2D eigenvalue weighted by Gasteiger charge is 2.46. The first kappa shape index (κ1) is 25.1. The fourth-order valence-electron chi connectivity index (χ4n) is 3.15. The van der Waals surface area contributed by atoms with Crippen molar-refractivity contribution in [1.29, 1.82) is 0 Å². The van der Waals surface area contributed by atoms with E-state index in [4.69, 9.17) is 0 Å². The van der Waals surface area contributed by atoms with Crippen LogP contribution in [0.5, 0.6) is 0 Å². The van der Waals surface area contributed by atoms with Crippen LogP contribution in [0.1, 0.15) is 32.3 Å². The van der Waals surface area contributed by atoms with Crippen LogP contribution in [-0.4, -0.2) is 33.0 Å². The van der Waals surface area contributed by atoms with Crippen LogP contribution in [-0.2, 0) is 15.8 Å². The van der Waals surface area contributed by atoms with Gasteiger partial charge in [0.2, 0.25) is 5.91 Å². The topological polar surface area (TPSA) is 128 Å². The summed E-state index contributed by atoms with van der Waals surface area (Å²) in [5, 5.41) is 6.11. The van der Waals surface area contributed by atoms with Gasteiger partial charge in [0.25, 0.3) is 0 Å². The van der Waals surface area contributed by atoms with Crippen molar-refractivity contribution in [1.82, 2.24) is 10.6 Å². The molecule has 8 nitrogen and oxygen atoms in total. The molecule has 0 fully saturated rings. The molecule has 0 saturated carbocycles. The molecule has 3 amide bonds. The predicted molar refractivity (Wildman–Crippen MR) is 124 cm³/mol. The number of anilines is 1. The molecular formula is C21H27BrN3O5P. The Labute approximate surface area is 190 Å². The molecule has 0 aliphatic rings. The number of amides is 3. The molecule has 0 unspecified atom stereocenters. The van der Waals surface area contributed by atoms with E-state index in [1.807, 2.05) is 30.3 Å². The van der Waals surface area contributed by atoms with Crippen LogP contribution in [0.4, 0.5) is 10.5 Å². The van der Waals surface area contributed by atoms with Crippen molar-refractivity contribution in [3.63, 3.8) is 0 Å². The number of hydrogen-bond acceptors (Lipinski definition) is 3. The maximum Gasteiger partial charge on any atom is 0.350 e. The minimum atomic E-state index is -4.64. The summed E-state index contributed by atoms with van der Waals surface area (Å²) in [6.07, 6.45) is 0.246. The smallest absolute Gasteiger partial charge is 0.338 e. The number of rotatable bonds is 9. The van der Waals surface area contributed by atoms with E-state index in [9.17, 15) is 23.9 Å². The van der Waals surface area contributed by atoms with Gasteiger partial charge in [-0.15, -0.1) is 0 Å². The Hall–Kier alpha value is -2.19. The molecule has 0 aromatic heterocycles. The summed E-state index contributed by atoms with van der Waals surface area (Å²) in [5.74, 6) is -0.665. The predicted octanol–water partition coefficient (Wildman–Crippen LogP) is 3.99. The summed E-state index contributed by atoms with van der Waals surface area (Å²) >= 11 is 3.32. The van der Waals surface area contributed by atoms with Gasteiger partial charge in [-0.1, -0.05) is 60.1 Å². The van der Waals surface area contributed by atoms with Crippen LogP contribution in [0.3, 0.4) is 0 Å². The Bertz CT molecular complexity index is 930. The summed E-state index contributed by atoms with van der Waals surface area (Å²) in [7, 11) is -4.64. The number of carbonyl (C=O) groups excluding carboxylic acids is 2. The zero-order valence-electron chi connectivity index (χ0n) is 17.3. The first-order valence-electron chi connectivity index (χ1n) is 9.85. The number of nitrogens with one attached hydrogen (secondary N) is 3. The number of hydrogen-bond donors (Lipinski definition) is 5. The molecule has 0 spiro atoms. The van der Waals surface area contributed by atoms with Crippen molar-refractivity contribution < 1.29 is 23.9 Å². The molecule has 5 N–H and O–H groups in total. The van der Waals surface area contributed by atoms with E-state index in [0.717, 1.165) is 10.0 Å². The lowest BCUT2D eigenvalue weighted by Gasteiger charge is -2.34. The van der Waals surface area contributed by atoms with Crippen molar-refractivity contribution in [2.45, 2.75) is 44.4 Å². The molecule has 2 aromatic rings. The second kappa shape index (κ2) is 10.9. The Morgan fingerprint density at radius 1 is 1.03 bits per heavy atom. The van der Waals surface area contributed by atoms with Gasteiger partial charge in [0.05, 0.1) is 0 Å². The summed E-state index contributed by atoms with van der Waals surface area (Å²) < 4.78 is 13.0. The van der Waals surface area contributed by atoms with Gasteiger partial charge in [0.1, 0.15) is 11.3 Å². The molecule has 31 heavy (non-hydrogen) atoms. The lowest BCUT2D eigenvalue weighted by Crippen LogP contribution is -2.56. The van der Waals surface area contributed by atoms with Gasteiger partial charge in [-0.2, -0.15) is 0 Å².